The van der Waals surface area contributed by atoms with Gasteiger partial charge >= 0.3 is 0 Å². The van der Waals surface area contributed by atoms with Gasteiger partial charge in [0.2, 0.25) is 11.8 Å². The molecule has 0 bridgehead atoms. The maximum Gasteiger partial charge on any atom is 0.242 e. The molecule has 0 radical (unpaired) electrons. The fraction of sp³-hybridized carbons (Fsp3) is 0.867. The van der Waals surface area contributed by atoms with Gasteiger partial charge in [-0.25, -0.2) is 0 Å². The number of nitrogens with zero attached hydrogens (tertiary/aromatic N) is 1. The number of ether oxygens (including phenoxy) is 1. The molecule has 7 heteroatoms. The maximum atomic E-state index is 12.3. The summed E-state index contributed by atoms with van der Waals surface area (Å²) in [6.07, 6.45) is 3.63. The molecule has 6 nitrogen and oxygen atoms in total. The maximum absolute atomic E-state index is 12.3. The van der Waals surface area contributed by atoms with E-state index in [0.717, 1.165) is 38.8 Å². The second-order valence-corrected chi connectivity index (χ2v) is 5.83. The van der Waals surface area contributed by atoms with Crippen LogP contribution >= 0.6 is 12.4 Å². The largest absolute Gasteiger partial charge is 0.378 e. The fourth-order valence-electron chi connectivity index (χ4n) is 2.84. The molecule has 22 heavy (non-hydrogen) atoms. The van der Waals surface area contributed by atoms with Crippen molar-refractivity contribution in [1.29, 1.82) is 0 Å². The van der Waals surface area contributed by atoms with Crippen LogP contribution in [0.4, 0.5) is 0 Å². The quantitative estimate of drug-likeness (QED) is 0.721. The number of amides is 2. The molecule has 2 saturated heterocycles. The van der Waals surface area contributed by atoms with E-state index in [1.807, 2.05) is 4.90 Å². The fourth-order valence-corrected chi connectivity index (χ4v) is 2.84. The zero-order chi connectivity index (χ0) is 15.1. The van der Waals surface area contributed by atoms with E-state index in [1.54, 1.807) is 0 Å². The van der Waals surface area contributed by atoms with Crippen molar-refractivity contribution in [2.24, 2.45) is 5.92 Å². The van der Waals surface area contributed by atoms with E-state index in [0.29, 0.717) is 26.3 Å². The van der Waals surface area contributed by atoms with Gasteiger partial charge in [0, 0.05) is 32.1 Å². The van der Waals surface area contributed by atoms with E-state index in [9.17, 15) is 9.59 Å². The Hall–Kier alpha value is -0.850. The lowest BCUT2D eigenvalue weighted by atomic mass is 9.95. The predicted molar refractivity (Wildman–Crippen MR) is 87.1 cm³/mol. The number of hydrogen-bond acceptors (Lipinski definition) is 4. The van der Waals surface area contributed by atoms with Gasteiger partial charge < -0.3 is 20.3 Å². The third-order valence-electron chi connectivity index (χ3n) is 4.23. The van der Waals surface area contributed by atoms with Crippen molar-refractivity contribution in [2.75, 3.05) is 39.4 Å². The number of likely N-dealkylation sites (tertiary alicyclic amines) is 1. The third-order valence-corrected chi connectivity index (χ3v) is 4.23. The minimum Gasteiger partial charge on any atom is -0.378 e. The van der Waals surface area contributed by atoms with E-state index < -0.39 is 0 Å². The molecule has 0 aliphatic carbocycles. The third kappa shape index (κ3) is 5.41. The Morgan fingerprint density at radius 1 is 1.32 bits per heavy atom. The topological polar surface area (TPSA) is 70.7 Å². The van der Waals surface area contributed by atoms with Crippen LogP contribution in [-0.4, -0.2) is 62.1 Å². The zero-order valence-electron chi connectivity index (χ0n) is 13.3. The highest BCUT2D eigenvalue weighted by Gasteiger charge is 2.31. The molecule has 2 rings (SSSR count). The summed E-state index contributed by atoms with van der Waals surface area (Å²) in [5.41, 5.74) is 0. The first-order valence-corrected chi connectivity index (χ1v) is 8.10. The number of unbranched alkanes of at least 4 members (excludes halogenated alkanes) is 1. The van der Waals surface area contributed by atoms with Crippen LogP contribution in [0.2, 0.25) is 0 Å². The first-order valence-electron chi connectivity index (χ1n) is 8.10. The molecule has 2 fully saturated rings. The normalized spacial score (nSPS) is 22.8. The number of carbonyl (C=O) groups is 2. The number of carbonyl (C=O) groups excluding carboxylic acids is 2. The Morgan fingerprint density at radius 3 is 2.64 bits per heavy atom. The summed E-state index contributed by atoms with van der Waals surface area (Å²) in [4.78, 5) is 26.2. The molecule has 0 saturated carbocycles. The molecule has 2 amide bonds. The van der Waals surface area contributed by atoms with Crippen molar-refractivity contribution in [3.8, 4) is 0 Å². The van der Waals surface area contributed by atoms with Crippen LogP contribution in [0.15, 0.2) is 0 Å². The van der Waals surface area contributed by atoms with Crippen LogP contribution in [-0.2, 0) is 14.3 Å². The first kappa shape index (κ1) is 19.2. The second-order valence-electron chi connectivity index (χ2n) is 5.83. The van der Waals surface area contributed by atoms with Crippen LogP contribution in [0.1, 0.15) is 32.6 Å². The molecule has 0 spiro atoms. The predicted octanol–water partition coefficient (Wildman–Crippen LogP) is 0.552. The SMILES string of the molecule is CCCCNC(=O)C1CCN(C(=O)C2COCCN2)CC1.Cl. The number of piperidine rings is 1. The highest BCUT2D eigenvalue weighted by Crippen LogP contribution is 2.18. The van der Waals surface area contributed by atoms with Crippen LogP contribution in [0.25, 0.3) is 0 Å². The van der Waals surface area contributed by atoms with Gasteiger partial charge in [-0.2, -0.15) is 0 Å². The molecule has 2 N–H and O–H groups in total. The number of rotatable bonds is 5. The molecular weight excluding hydrogens is 306 g/mol. The summed E-state index contributed by atoms with van der Waals surface area (Å²) in [6.45, 7) is 6.07. The van der Waals surface area contributed by atoms with E-state index in [1.165, 1.54) is 0 Å². The van der Waals surface area contributed by atoms with Crippen molar-refractivity contribution in [1.82, 2.24) is 15.5 Å². The van der Waals surface area contributed by atoms with Crippen LogP contribution in [0.3, 0.4) is 0 Å². The number of morpholine rings is 1. The van der Waals surface area contributed by atoms with Gasteiger partial charge in [0.25, 0.3) is 0 Å². The van der Waals surface area contributed by atoms with E-state index in [4.69, 9.17) is 4.74 Å². The molecule has 2 aliphatic heterocycles. The standard InChI is InChI=1S/C15H27N3O3.ClH/c1-2-3-6-17-14(19)12-4-8-18(9-5-12)15(20)13-11-21-10-7-16-13;/h12-13,16H,2-11H2,1H3,(H,17,19);1H. The van der Waals surface area contributed by atoms with Crippen LogP contribution < -0.4 is 10.6 Å². The van der Waals surface area contributed by atoms with Gasteiger partial charge in [-0.05, 0) is 19.3 Å². The Morgan fingerprint density at radius 2 is 2.05 bits per heavy atom. The molecular formula is C15H28ClN3O3. The summed E-state index contributed by atoms with van der Waals surface area (Å²) < 4.78 is 5.33. The average Bonchev–Trinajstić information content (AvgIpc) is 2.55. The monoisotopic (exact) mass is 333 g/mol. The minimum atomic E-state index is -0.214. The van der Waals surface area contributed by atoms with Gasteiger partial charge in [0.15, 0.2) is 0 Å². The molecule has 128 valence electrons. The summed E-state index contributed by atoms with van der Waals surface area (Å²) >= 11 is 0. The van der Waals surface area contributed by atoms with Gasteiger partial charge in [-0.1, -0.05) is 13.3 Å². The van der Waals surface area contributed by atoms with Crippen LogP contribution in [0.5, 0.6) is 0 Å². The first-order chi connectivity index (χ1) is 10.2. The Labute approximate surface area is 138 Å². The van der Waals surface area contributed by atoms with Crippen molar-refractivity contribution >= 4 is 24.2 Å². The molecule has 1 atom stereocenters. The highest BCUT2D eigenvalue weighted by atomic mass is 35.5. The van der Waals surface area contributed by atoms with Crippen molar-refractivity contribution in [3.05, 3.63) is 0 Å². The van der Waals surface area contributed by atoms with E-state index >= 15 is 0 Å². The molecule has 1 unspecified atom stereocenters. The number of halogens is 1. The summed E-state index contributed by atoms with van der Waals surface area (Å²) in [7, 11) is 0. The molecule has 0 aromatic carbocycles. The summed E-state index contributed by atoms with van der Waals surface area (Å²) in [6, 6.07) is -0.214. The summed E-state index contributed by atoms with van der Waals surface area (Å²) in [5.74, 6) is 0.315. The summed E-state index contributed by atoms with van der Waals surface area (Å²) in [5, 5.41) is 6.17. The Bertz CT molecular complexity index is 354. The Kier molecular flexibility index (Phi) is 8.75. The van der Waals surface area contributed by atoms with Crippen molar-refractivity contribution < 1.29 is 14.3 Å². The average molecular weight is 334 g/mol. The molecule has 2 aliphatic rings. The van der Waals surface area contributed by atoms with Gasteiger partial charge in [0.05, 0.1) is 13.2 Å². The molecule has 0 aromatic rings. The van der Waals surface area contributed by atoms with Gasteiger partial charge in [0.1, 0.15) is 6.04 Å². The van der Waals surface area contributed by atoms with Crippen molar-refractivity contribution in [3.63, 3.8) is 0 Å². The minimum absolute atomic E-state index is 0. The smallest absolute Gasteiger partial charge is 0.242 e. The lowest BCUT2D eigenvalue weighted by Gasteiger charge is -2.35. The number of nitrogens with one attached hydrogen (secondary N) is 2. The Balaban J connectivity index is 0.00000242. The zero-order valence-corrected chi connectivity index (χ0v) is 14.1. The lowest BCUT2D eigenvalue weighted by Crippen LogP contribution is -2.54. The second kappa shape index (κ2) is 10.0. The van der Waals surface area contributed by atoms with Gasteiger partial charge in [-0.15, -0.1) is 12.4 Å². The van der Waals surface area contributed by atoms with E-state index in [2.05, 4.69) is 17.6 Å². The van der Waals surface area contributed by atoms with Crippen LogP contribution in [0, 0.1) is 5.92 Å². The van der Waals surface area contributed by atoms with Crippen molar-refractivity contribution in [2.45, 2.75) is 38.6 Å². The number of hydrogen-bond donors (Lipinski definition) is 2. The van der Waals surface area contributed by atoms with E-state index in [-0.39, 0.29) is 36.2 Å². The molecule has 0 aromatic heterocycles. The highest BCUT2D eigenvalue weighted by molar-refractivity contribution is 5.85. The lowest BCUT2D eigenvalue weighted by molar-refractivity contribution is -0.139. The molecule has 2 heterocycles. The van der Waals surface area contributed by atoms with Gasteiger partial charge in [-0.3, -0.25) is 9.59 Å².